The van der Waals surface area contributed by atoms with Crippen LogP contribution < -0.4 is 14.8 Å². The van der Waals surface area contributed by atoms with Crippen LogP contribution in [0, 0.1) is 0 Å². The summed E-state index contributed by atoms with van der Waals surface area (Å²) in [5, 5.41) is 3.20. The molecule has 4 rings (SSSR count). The number of nitrogens with zero attached hydrogens (tertiary/aromatic N) is 1. The Bertz CT molecular complexity index is 1150. The van der Waals surface area contributed by atoms with E-state index < -0.39 is 0 Å². The van der Waals surface area contributed by atoms with E-state index in [1.807, 2.05) is 66.7 Å². The van der Waals surface area contributed by atoms with Crippen LogP contribution in [0.4, 0.5) is 0 Å². The molecule has 4 aromatic rings. The number of aromatic amines is 1. The number of aromatic nitrogens is 2. The molecule has 1 aromatic heterocycles. The highest BCUT2D eigenvalue weighted by molar-refractivity contribution is 5.79. The lowest BCUT2D eigenvalue weighted by Gasteiger charge is -2.20. The number of hydrogen-bond acceptors (Lipinski definition) is 4. The number of imidazole rings is 1. The van der Waals surface area contributed by atoms with Gasteiger partial charge >= 0.3 is 0 Å². The minimum Gasteiger partial charge on any atom is -0.497 e. The van der Waals surface area contributed by atoms with Crippen LogP contribution in [0.1, 0.15) is 29.2 Å². The first-order valence-corrected chi connectivity index (χ1v) is 10.2. The van der Waals surface area contributed by atoms with Gasteiger partial charge in [-0.3, -0.25) is 4.79 Å². The molecule has 0 aliphatic heterocycles. The summed E-state index contributed by atoms with van der Waals surface area (Å²) in [7, 11) is 3.23. The number of carbonyl (C=O) groups is 1. The fraction of sp³-hybridized carbons (Fsp3) is 0.200. The first kappa shape index (κ1) is 20.5. The summed E-state index contributed by atoms with van der Waals surface area (Å²) in [6.45, 7) is 0. The van der Waals surface area contributed by atoms with Crippen molar-refractivity contribution in [2.75, 3.05) is 14.2 Å². The number of nitrogens with one attached hydrogen (secondary N) is 2. The molecule has 0 saturated heterocycles. The van der Waals surface area contributed by atoms with E-state index in [4.69, 9.17) is 9.47 Å². The van der Waals surface area contributed by atoms with Crippen molar-refractivity contribution >= 4 is 16.9 Å². The Morgan fingerprint density at radius 2 is 1.71 bits per heavy atom. The van der Waals surface area contributed by atoms with Crippen LogP contribution in [0.3, 0.4) is 0 Å². The fourth-order valence-electron chi connectivity index (χ4n) is 3.64. The van der Waals surface area contributed by atoms with Crippen molar-refractivity contribution in [1.29, 1.82) is 0 Å². The zero-order chi connectivity index (χ0) is 21.6. The minimum absolute atomic E-state index is 0.0275. The number of fused-ring (bicyclic) bond motifs is 1. The molecular weight excluding hydrogens is 390 g/mol. The smallest absolute Gasteiger partial charge is 0.221 e. The van der Waals surface area contributed by atoms with Gasteiger partial charge in [-0.2, -0.15) is 0 Å². The summed E-state index contributed by atoms with van der Waals surface area (Å²) in [6.07, 6.45) is 2.61. The molecule has 1 heterocycles. The molecule has 0 aliphatic rings. The second-order valence-corrected chi connectivity index (χ2v) is 7.31. The van der Waals surface area contributed by atoms with E-state index in [9.17, 15) is 4.79 Å². The van der Waals surface area contributed by atoms with Gasteiger partial charge in [-0.15, -0.1) is 0 Å². The quantitative estimate of drug-likeness (QED) is 0.447. The van der Waals surface area contributed by atoms with E-state index in [2.05, 4.69) is 15.3 Å². The zero-order valence-electron chi connectivity index (χ0n) is 17.6. The molecule has 31 heavy (non-hydrogen) atoms. The van der Waals surface area contributed by atoms with Gasteiger partial charge in [0.15, 0.2) is 0 Å². The first-order chi connectivity index (χ1) is 15.2. The van der Waals surface area contributed by atoms with Crippen LogP contribution in [0.15, 0.2) is 73.1 Å². The maximum Gasteiger partial charge on any atom is 0.221 e. The molecule has 0 fully saturated rings. The number of methoxy groups -OCH3 is 2. The van der Waals surface area contributed by atoms with Crippen LogP contribution in [0.5, 0.6) is 11.5 Å². The van der Waals surface area contributed by atoms with Crippen LogP contribution in [0.25, 0.3) is 11.0 Å². The van der Waals surface area contributed by atoms with Gasteiger partial charge in [0.25, 0.3) is 0 Å². The molecule has 1 amide bonds. The summed E-state index contributed by atoms with van der Waals surface area (Å²) in [5.41, 5.74) is 4.85. The highest BCUT2D eigenvalue weighted by atomic mass is 16.5. The lowest BCUT2D eigenvalue weighted by atomic mass is 9.97. The van der Waals surface area contributed by atoms with E-state index in [1.165, 1.54) is 0 Å². The minimum atomic E-state index is -0.249. The van der Waals surface area contributed by atoms with E-state index in [1.54, 1.807) is 20.5 Å². The summed E-state index contributed by atoms with van der Waals surface area (Å²) in [4.78, 5) is 20.3. The molecule has 1 atom stereocenters. The standard InChI is InChI=1S/C25H25N3O3/c1-30-20-12-17(13-21(15-20)31-2)8-11-24(29)28-25(18-6-4-3-5-7-18)19-9-10-22-23(14-19)27-16-26-22/h3-7,9-10,12-16,25H,8,11H2,1-2H3,(H,26,27)(H,28,29). The monoisotopic (exact) mass is 415 g/mol. The summed E-state index contributed by atoms with van der Waals surface area (Å²) in [6, 6.07) is 21.4. The number of aryl methyl sites for hydroxylation is 1. The van der Waals surface area contributed by atoms with E-state index >= 15 is 0 Å². The predicted molar refractivity (Wildman–Crippen MR) is 120 cm³/mol. The molecule has 0 spiro atoms. The second-order valence-electron chi connectivity index (χ2n) is 7.31. The van der Waals surface area contributed by atoms with Crippen LogP contribution in [0.2, 0.25) is 0 Å². The van der Waals surface area contributed by atoms with E-state index in [0.29, 0.717) is 24.3 Å². The van der Waals surface area contributed by atoms with Gasteiger partial charge in [0.2, 0.25) is 5.91 Å². The van der Waals surface area contributed by atoms with Crippen LogP contribution in [-0.2, 0) is 11.2 Å². The zero-order valence-corrected chi connectivity index (χ0v) is 17.6. The third-order valence-corrected chi connectivity index (χ3v) is 5.27. The van der Waals surface area contributed by atoms with Gasteiger partial charge in [0.05, 0.1) is 37.6 Å². The number of carbonyl (C=O) groups excluding carboxylic acids is 1. The van der Waals surface area contributed by atoms with Crippen molar-refractivity contribution < 1.29 is 14.3 Å². The predicted octanol–water partition coefficient (Wildman–Crippen LogP) is 4.42. The number of hydrogen-bond donors (Lipinski definition) is 2. The largest absolute Gasteiger partial charge is 0.497 e. The Balaban J connectivity index is 1.52. The van der Waals surface area contributed by atoms with Crippen LogP contribution in [-0.4, -0.2) is 30.1 Å². The first-order valence-electron chi connectivity index (χ1n) is 10.2. The number of rotatable bonds is 8. The van der Waals surface area contributed by atoms with Crippen molar-refractivity contribution in [3.8, 4) is 11.5 Å². The Morgan fingerprint density at radius 3 is 2.42 bits per heavy atom. The van der Waals surface area contributed by atoms with Crippen LogP contribution >= 0.6 is 0 Å². The van der Waals surface area contributed by atoms with Gasteiger partial charge in [-0.1, -0.05) is 36.4 Å². The summed E-state index contributed by atoms with van der Waals surface area (Å²) < 4.78 is 10.6. The molecule has 6 nitrogen and oxygen atoms in total. The molecule has 6 heteroatoms. The molecule has 1 unspecified atom stereocenters. The maximum atomic E-state index is 12.9. The number of H-pyrrole nitrogens is 1. The second kappa shape index (κ2) is 9.34. The Labute approximate surface area is 181 Å². The Morgan fingerprint density at radius 1 is 0.968 bits per heavy atom. The fourth-order valence-corrected chi connectivity index (χ4v) is 3.64. The maximum absolute atomic E-state index is 12.9. The summed E-state index contributed by atoms with van der Waals surface area (Å²) >= 11 is 0. The molecule has 3 aromatic carbocycles. The van der Waals surface area contributed by atoms with E-state index in [-0.39, 0.29) is 11.9 Å². The average molecular weight is 415 g/mol. The third-order valence-electron chi connectivity index (χ3n) is 5.27. The molecule has 0 bridgehead atoms. The molecular formula is C25H25N3O3. The van der Waals surface area contributed by atoms with Crippen molar-refractivity contribution in [3.63, 3.8) is 0 Å². The topological polar surface area (TPSA) is 76.2 Å². The Hall–Kier alpha value is -3.80. The summed E-state index contributed by atoms with van der Waals surface area (Å²) in [5.74, 6) is 1.40. The van der Waals surface area contributed by atoms with Gasteiger partial charge in [-0.25, -0.2) is 4.98 Å². The number of ether oxygens (including phenoxy) is 2. The molecule has 0 saturated carbocycles. The van der Waals surface area contributed by atoms with Gasteiger partial charge in [-0.05, 0) is 47.4 Å². The highest BCUT2D eigenvalue weighted by Crippen LogP contribution is 2.26. The number of amides is 1. The lowest BCUT2D eigenvalue weighted by molar-refractivity contribution is -0.121. The number of benzene rings is 3. The normalized spacial score (nSPS) is 11.8. The van der Waals surface area contributed by atoms with Crippen molar-refractivity contribution in [1.82, 2.24) is 15.3 Å². The molecule has 158 valence electrons. The molecule has 0 radical (unpaired) electrons. The molecule has 0 aliphatic carbocycles. The van der Waals surface area contributed by atoms with Crippen molar-refractivity contribution in [3.05, 3.63) is 89.7 Å². The van der Waals surface area contributed by atoms with Gasteiger partial charge in [0, 0.05) is 12.5 Å². The highest BCUT2D eigenvalue weighted by Gasteiger charge is 2.18. The van der Waals surface area contributed by atoms with Gasteiger partial charge < -0.3 is 19.8 Å². The molecule has 2 N–H and O–H groups in total. The Kier molecular flexibility index (Phi) is 6.17. The van der Waals surface area contributed by atoms with Crippen molar-refractivity contribution in [2.24, 2.45) is 0 Å². The SMILES string of the molecule is COc1cc(CCC(=O)NC(c2ccccc2)c2ccc3nc[nH]c3c2)cc(OC)c1. The average Bonchev–Trinajstić information content (AvgIpc) is 3.29. The van der Waals surface area contributed by atoms with E-state index in [0.717, 1.165) is 27.7 Å². The third kappa shape index (κ3) is 4.86. The van der Waals surface area contributed by atoms with Crippen molar-refractivity contribution in [2.45, 2.75) is 18.9 Å². The lowest BCUT2D eigenvalue weighted by Crippen LogP contribution is -2.29. The van der Waals surface area contributed by atoms with Gasteiger partial charge in [0.1, 0.15) is 11.5 Å².